The second kappa shape index (κ2) is 6.08. The SMILES string of the molecule is CC(NC1c2ccccc2OCC1C)c1cccc(Cl)c1. The van der Waals surface area contributed by atoms with Crippen molar-refractivity contribution < 1.29 is 4.74 Å². The molecule has 0 radical (unpaired) electrons. The Morgan fingerprint density at radius 2 is 2.00 bits per heavy atom. The molecule has 110 valence electrons. The first kappa shape index (κ1) is 14.4. The van der Waals surface area contributed by atoms with Crippen LogP contribution >= 0.6 is 11.6 Å². The zero-order valence-corrected chi connectivity index (χ0v) is 13.1. The maximum Gasteiger partial charge on any atom is 0.124 e. The van der Waals surface area contributed by atoms with E-state index >= 15 is 0 Å². The zero-order chi connectivity index (χ0) is 14.8. The van der Waals surface area contributed by atoms with E-state index in [1.165, 1.54) is 11.1 Å². The summed E-state index contributed by atoms with van der Waals surface area (Å²) < 4.78 is 5.81. The Morgan fingerprint density at radius 3 is 2.81 bits per heavy atom. The highest BCUT2D eigenvalue weighted by Gasteiger charge is 2.28. The summed E-state index contributed by atoms with van der Waals surface area (Å²) >= 11 is 6.09. The fourth-order valence-electron chi connectivity index (χ4n) is 2.89. The highest BCUT2D eigenvalue weighted by atomic mass is 35.5. The molecule has 2 aromatic rings. The van der Waals surface area contributed by atoms with Crippen molar-refractivity contribution >= 4 is 11.6 Å². The number of fused-ring (bicyclic) bond motifs is 1. The lowest BCUT2D eigenvalue weighted by molar-refractivity contribution is 0.182. The van der Waals surface area contributed by atoms with Crippen molar-refractivity contribution in [1.82, 2.24) is 5.32 Å². The van der Waals surface area contributed by atoms with Crippen LogP contribution in [0.4, 0.5) is 0 Å². The molecule has 0 amide bonds. The van der Waals surface area contributed by atoms with Gasteiger partial charge in [0.05, 0.1) is 6.61 Å². The number of ether oxygens (including phenoxy) is 1. The van der Waals surface area contributed by atoms with Crippen LogP contribution in [0.15, 0.2) is 48.5 Å². The molecule has 2 aromatic carbocycles. The van der Waals surface area contributed by atoms with Crippen LogP contribution in [0.2, 0.25) is 5.02 Å². The van der Waals surface area contributed by atoms with Gasteiger partial charge in [0.25, 0.3) is 0 Å². The van der Waals surface area contributed by atoms with Crippen molar-refractivity contribution in [2.24, 2.45) is 5.92 Å². The van der Waals surface area contributed by atoms with E-state index < -0.39 is 0 Å². The molecule has 0 spiro atoms. The lowest BCUT2D eigenvalue weighted by Gasteiger charge is -2.34. The standard InChI is InChI=1S/C18H20ClNO/c1-12-11-21-17-9-4-3-8-16(17)18(12)20-13(2)14-6-5-7-15(19)10-14/h3-10,12-13,18,20H,11H2,1-2H3. The molecule has 1 heterocycles. The Bertz CT molecular complexity index is 628. The maximum absolute atomic E-state index is 6.09. The lowest BCUT2D eigenvalue weighted by Crippen LogP contribution is -2.35. The van der Waals surface area contributed by atoms with Crippen molar-refractivity contribution in [3.8, 4) is 5.75 Å². The molecule has 0 saturated heterocycles. The van der Waals surface area contributed by atoms with Crippen LogP contribution in [0.25, 0.3) is 0 Å². The van der Waals surface area contributed by atoms with Crippen LogP contribution in [0.1, 0.15) is 37.1 Å². The minimum Gasteiger partial charge on any atom is -0.493 e. The summed E-state index contributed by atoms with van der Waals surface area (Å²) in [7, 11) is 0. The van der Waals surface area contributed by atoms with E-state index in [0.717, 1.165) is 17.4 Å². The Balaban J connectivity index is 1.84. The van der Waals surface area contributed by atoms with Gasteiger partial charge >= 0.3 is 0 Å². The summed E-state index contributed by atoms with van der Waals surface area (Å²) in [4.78, 5) is 0. The summed E-state index contributed by atoms with van der Waals surface area (Å²) in [5.41, 5.74) is 2.45. The van der Waals surface area contributed by atoms with Crippen LogP contribution in [0.3, 0.4) is 0 Å². The number of para-hydroxylation sites is 1. The predicted molar refractivity (Wildman–Crippen MR) is 86.8 cm³/mol. The van der Waals surface area contributed by atoms with Gasteiger partial charge in [0.15, 0.2) is 0 Å². The first-order valence-corrected chi connectivity index (χ1v) is 7.76. The maximum atomic E-state index is 6.09. The molecule has 1 N–H and O–H groups in total. The molecule has 2 nitrogen and oxygen atoms in total. The van der Waals surface area contributed by atoms with Gasteiger partial charge in [-0.05, 0) is 30.7 Å². The Kier molecular flexibility index (Phi) is 4.18. The molecule has 0 aliphatic carbocycles. The van der Waals surface area contributed by atoms with E-state index in [2.05, 4.69) is 37.4 Å². The molecule has 21 heavy (non-hydrogen) atoms. The molecule has 3 rings (SSSR count). The monoisotopic (exact) mass is 301 g/mol. The van der Waals surface area contributed by atoms with Gasteiger partial charge < -0.3 is 10.1 Å². The molecule has 1 aliphatic heterocycles. The second-order valence-electron chi connectivity index (χ2n) is 5.75. The van der Waals surface area contributed by atoms with Crippen LogP contribution in [-0.4, -0.2) is 6.61 Å². The lowest BCUT2D eigenvalue weighted by atomic mass is 9.91. The highest BCUT2D eigenvalue weighted by Crippen LogP contribution is 2.36. The Labute approximate surface area is 131 Å². The molecule has 0 aromatic heterocycles. The highest BCUT2D eigenvalue weighted by molar-refractivity contribution is 6.30. The van der Waals surface area contributed by atoms with Crippen molar-refractivity contribution in [3.05, 3.63) is 64.7 Å². The van der Waals surface area contributed by atoms with Gasteiger partial charge in [-0.2, -0.15) is 0 Å². The average Bonchev–Trinajstić information content (AvgIpc) is 2.50. The molecule has 1 aliphatic rings. The smallest absolute Gasteiger partial charge is 0.124 e. The molecule has 0 saturated carbocycles. The van der Waals surface area contributed by atoms with Crippen LogP contribution < -0.4 is 10.1 Å². The Hall–Kier alpha value is -1.51. The summed E-state index contributed by atoms with van der Waals surface area (Å²) in [6, 6.07) is 16.8. The van der Waals surface area contributed by atoms with Crippen molar-refractivity contribution in [3.63, 3.8) is 0 Å². The molecule has 3 heteroatoms. The van der Waals surface area contributed by atoms with E-state index in [4.69, 9.17) is 16.3 Å². The van der Waals surface area contributed by atoms with E-state index in [-0.39, 0.29) is 6.04 Å². The summed E-state index contributed by atoms with van der Waals surface area (Å²) in [6.07, 6.45) is 0. The molecule has 0 bridgehead atoms. The van der Waals surface area contributed by atoms with Crippen molar-refractivity contribution in [2.75, 3.05) is 6.61 Å². The molecule has 0 fully saturated rings. The fourth-order valence-corrected chi connectivity index (χ4v) is 3.09. The summed E-state index contributed by atoms with van der Waals surface area (Å²) in [6.45, 7) is 5.14. The van der Waals surface area contributed by atoms with Gasteiger partial charge in [-0.15, -0.1) is 0 Å². The third-order valence-corrected chi connectivity index (χ3v) is 4.34. The van der Waals surface area contributed by atoms with E-state index in [1.54, 1.807) is 0 Å². The fraction of sp³-hybridized carbons (Fsp3) is 0.333. The first-order chi connectivity index (χ1) is 10.1. The van der Waals surface area contributed by atoms with E-state index in [9.17, 15) is 0 Å². The average molecular weight is 302 g/mol. The predicted octanol–water partition coefficient (Wildman–Crippen LogP) is 4.76. The van der Waals surface area contributed by atoms with Crippen LogP contribution in [0, 0.1) is 5.92 Å². The van der Waals surface area contributed by atoms with Gasteiger partial charge in [-0.1, -0.05) is 48.9 Å². The number of halogens is 1. The molecular weight excluding hydrogens is 282 g/mol. The quantitative estimate of drug-likeness (QED) is 0.882. The summed E-state index contributed by atoms with van der Waals surface area (Å²) in [5, 5.41) is 4.51. The van der Waals surface area contributed by atoms with Crippen molar-refractivity contribution in [2.45, 2.75) is 25.9 Å². The minimum absolute atomic E-state index is 0.238. The molecule has 3 unspecified atom stereocenters. The number of hydrogen-bond acceptors (Lipinski definition) is 2. The number of rotatable bonds is 3. The zero-order valence-electron chi connectivity index (χ0n) is 12.3. The molecular formula is C18H20ClNO. The largest absolute Gasteiger partial charge is 0.493 e. The van der Waals surface area contributed by atoms with Crippen molar-refractivity contribution in [1.29, 1.82) is 0 Å². The van der Waals surface area contributed by atoms with Gasteiger partial charge in [-0.3, -0.25) is 0 Å². The Morgan fingerprint density at radius 1 is 1.19 bits per heavy atom. The van der Waals surface area contributed by atoms with Crippen LogP contribution in [0.5, 0.6) is 5.75 Å². The van der Waals surface area contributed by atoms with Gasteiger partial charge in [0.1, 0.15) is 5.75 Å². The third-order valence-electron chi connectivity index (χ3n) is 4.10. The van der Waals surface area contributed by atoms with E-state index in [1.807, 2.05) is 30.3 Å². The van der Waals surface area contributed by atoms with Gasteiger partial charge in [0, 0.05) is 28.6 Å². The van der Waals surface area contributed by atoms with Crippen LogP contribution in [-0.2, 0) is 0 Å². The normalized spacial score (nSPS) is 22.2. The van der Waals surface area contributed by atoms with Gasteiger partial charge in [-0.25, -0.2) is 0 Å². The molecule has 3 atom stereocenters. The second-order valence-corrected chi connectivity index (χ2v) is 6.18. The number of benzene rings is 2. The number of nitrogens with one attached hydrogen (secondary N) is 1. The van der Waals surface area contributed by atoms with E-state index in [0.29, 0.717) is 12.0 Å². The number of hydrogen-bond donors (Lipinski definition) is 1. The summed E-state index contributed by atoms with van der Waals surface area (Å²) in [5.74, 6) is 1.42. The van der Waals surface area contributed by atoms with Gasteiger partial charge in [0.2, 0.25) is 0 Å². The first-order valence-electron chi connectivity index (χ1n) is 7.38. The topological polar surface area (TPSA) is 21.3 Å². The third kappa shape index (κ3) is 3.07. The minimum atomic E-state index is 0.238.